The molecule has 2 atom stereocenters. The molecule has 0 aliphatic carbocycles. The Kier molecular flexibility index (Phi) is 5.53. The van der Waals surface area contributed by atoms with E-state index in [1.807, 2.05) is 55.5 Å². The van der Waals surface area contributed by atoms with Gasteiger partial charge in [0.25, 0.3) is 0 Å². The molecule has 0 radical (unpaired) electrons. The number of aryl methyl sites for hydroxylation is 1. The van der Waals surface area contributed by atoms with E-state index in [-0.39, 0.29) is 11.3 Å². The lowest BCUT2D eigenvalue weighted by molar-refractivity contribution is -0.109. The number of aldehydes is 1. The van der Waals surface area contributed by atoms with Crippen LogP contribution in [0.4, 0.5) is 0 Å². The summed E-state index contributed by atoms with van der Waals surface area (Å²) in [6.07, 6.45) is 1.72. The van der Waals surface area contributed by atoms with E-state index in [4.69, 9.17) is 0 Å². The van der Waals surface area contributed by atoms with Crippen molar-refractivity contribution in [1.82, 2.24) is 0 Å². The van der Waals surface area contributed by atoms with E-state index in [0.717, 1.165) is 33.6 Å². The van der Waals surface area contributed by atoms with Gasteiger partial charge in [0, 0.05) is 15.7 Å². The summed E-state index contributed by atoms with van der Waals surface area (Å²) in [5, 5.41) is 0. The van der Waals surface area contributed by atoms with Crippen LogP contribution in [0.25, 0.3) is 0 Å². The van der Waals surface area contributed by atoms with Crippen LogP contribution >= 0.6 is 0 Å². The first-order valence-electron chi connectivity index (χ1n) is 7.84. The molecular formula is C20H24O2S. The molecule has 0 aliphatic heterocycles. The Morgan fingerprint density at radius 2 is 1.65 bits per heavy atom. The van der Waals surface area contributed by atoms with Crippen LogP contribution in [0.5, 0.6) is 0 Å². The van der Waals surface area contributed by atoms with Crippen molar-refractivity contribution in [2.45, 2.75) is 49.8 Å². The van der Waals surface area contributed by atoms with Crippen LogP contribution in [0.2, 0.25) is 0 Å². The van der Waals surface area contributed by atoms with Crippen molar-refractivity contribution in [3.05, 3.63) is 59.7 Å². The average Bonchev–Trinajstić information content (AvgIpc) is 2.52. The fraction of sp³-hybridized carbons (Fsp3) is 0.350. The molecule has 0 unspecified atom stereocenters. The van der Waals surface area contributed by atoms with Gasteiger partial charge in [-0.05, 0) is 42.5 Å². The Morgan fingerprint density at radius 1 is 1.04 bits per heavy atom. The van der Waals surface area contributed by atoms with Crippen LogP contribution < -0.4 is 0 Å². The first-order chi connectivity index (χ1) is 10.8. The fourth-order valence-electron chi connectivity index (χ4n) is 2.64. The molecule has 0 spiro atoms. The third-order valence-corrected chi connectivity index (χ3v) is 5.22. The van der Waals surface area contributed by atoms with E-state index < -0.39 is 10.8 Å². The predicted octanol–water partition coefficient (Wildman–Crippen LogP) is 4.88. The molecule has 122 valence electrons. The maximum absolute atomic E-state index is 13.0. The molecule has 0 saturated carbocycles. The molecule has 0 bridgehead atoms. The summed E-state index contributed by atoms with van der Waals surface area (Å²) in [6, 6.07) is 15.3. The molecule has 23 heavy (non-hydrogen) atoms. The van der Waals surface area contributed by atoms with Crippen molar-refractivity contribution in [3.63, 3.8) is 0 Å². The summed E-state index contributed by atoms with van der Waals surface area (Å²) < 4.78 is 13.0. The van der Waals surface area contributed by atoms with Crippen LogP contribution in [0.15, 0.2) is 58.3 Å². The van der Waals surface area contributed by atoms with Gasteiger partial charge in [0.2, 0.25) is 0 Å². The smallest absolute Gasteiger partial charge is 0.127 e. The summed E-state index contributed by atoms with van der Waals surface area (Å²) >= 11 is 0. The molecule has 2 rings (SSSR count). The molecule has 3 heteroatoms. The fourth-order valence-corrected chi connectivity index (χ4v) is 3.91. The highest BCUT2D eigenvalue weighted by Crippen LogP contribution is 2.33. The topological polar surface area (TPSA) is 34.1 Å². The molecular weight excluding hydrogens is 304 g/mol. The van der Waals surface area contributed by atoms with Gasteiger partial charge in [-0.3, -0.25) is 0 Å². The molecule has 0 aliphatic rings. The van der Waals surface area contributed by atoms with Gasteiger partial charge in [-0.1, -0.05) is 56.7 Å². The number of hydrogen-bond donors (Lipinski definition) is 0. The minimum absolute atomic E-state index is 0.0318. The number of carbonyl (C=O) groups is 1. The van der Waals surface area contributed by atoms with Gasteiger partial charge in [-0.15, -0.1) is 0 Å². The van der Waals surface area contributed by atoms with Gasteiger partial charge in [-0.25, -0.2) is 4.21 Å². The summed E-state index contributed by atoms with van der Waals surface area (Å²) in [4.78, 5) is 13.1. The molecule has 0 N–H and O–H groups in total. The highest BCUT2D eigenvalue weighted by Gasteiger charge is 2.23. The van der Waals surface area contributed by atoms with Crippen molar-refractivity contribution in [3.8, 4) is 0 Å². The van der Waals surface area contributed by atoms with E-state index in [2.05, 4.69) is 20.8 Å². The van der Waals surface area contributed by atoms with Gasteiger partial charge < -0.3 is 4.79 Å². The third-order valence-electron chi connectivity index (χ3n) is 3.75. The zero-order valence-corrected chi connectivity index (χ0v) is 15.0. The molecule has 0 aromatic heterocycles. The third kappa shape index (κ3) is 4.61. The summed E-state index contributed by atoms with van der Waals surface area (Å²) in [5.41, 5.74) is 2.04. The maximum atomic E-state index is 13.0. The molecule has 2 aromatic rings. The van der Waals surface area contributed by atoms with Crippen LogP contribution in [0, 0.1) is 12.3 Å². The van der Waals surface area contributed by atoms with Gasteiger partial charge >= 0.3 is 0 Å². The highest BCUT2D eigenvalue weighted by molar-refractivity contribution is 7.85. The second-order valence-electron chi connectivity index (χ2n) is 7.13. The van der Waals surface area contributed by atoms with E-state index >= 15 is 0 Å². The number of rotatable bonds is 5. The van der Waals surface area contributed by atoms with Gasteiger partial charge in [0.1, 0.15) is 6.29 Å². The van der Waals surface area contributed by atoms with Crippen molar-refractivity contribution in [2.75, 3.05) is 0 Å². The SMILES string of the molecule is Cc1ccc([S@](=O)c2ccccc2[C@@H](C=O)CC(C)(C)C)cc1. The molecule has 0 heterocycles. The Bertz CT molecular complexity index is 696. The van der Waals surface area contributed by atoms with E-state index in [1.165, 1.54) is 0 Å². The summed E-state index contributed by atoms with van der Waals surface area (Å²) in [6.45, 7) is 8.35. The van der Waals surface area contributed by atoms with E-state index in [1.54, 1.807) is 0 Å². The maximum Gasteiger partial charge on any atom is 0.127 e. The zero-order chi connectivity index (χ0) is 17.0. The Labute approximate surface area is 141 Å². The molecule has 2 aromatic carbocycles. The van der Waals surface area contributed by atoms with Crippen LogP contribution in [-0.4, -0.2) is 10.5 Å². The minimum atomic E-state index is -1.28. The minimum Gasteiger partial charge on any atom is -0.303 e. The second kappa shape index (κ2) is 7.22. The quantitative estimate of drug-likeness (QED) is 0.733. The molecule has 0 saturated heterocycles. The standard InChI is InChI=1S/C20H24O2S/c1-15-9-11-17(12-10-15)23(22)19-8-6-5-7-18(19)16(14-21)13-20(2,3)4/h5-12,14,16H,13H2,1-4H3/t16-,23+/m1/s1. The zero-order valence-electron chi connectivity index (χ0n) is 14.2. The van der Waals surface area contributed by atoms with Crippen LogP contribution in [0.1, 0.15) is 44.2 Å². The van der Waals surface area contributed by atoms with E-state index in [0.29, 0.717) is 0 Å². The van der Waals surface area contributed by atoms with Crippen molar-refractivity contribution >= 4 is 17.1 Å². The molecule has 0 fully saturated rings. The number of benzene rings is 2. The lowest BCUT2D eigenvalue weighted by Gasteiger charge is -2.24. The first-order valence-corrected chi connectivity index (χ1v) is 8.99. The molecule has 2 nitrogen and oxygen atoms in total. The summed E-state index contributed by atoms with van der Waals surface area (Å²) in [5.74, 6) is -0.236. The number of carbonyl (C=O) groups excluding carboxylic acids is 1. The average molecular weight is 328 g/mol. The number of hydrogen-bond acceptors (Lipinski definition) is 2. The van der Waals surface area contributed by atoms with Gasteiger partial charge in [-0.2, -0.15) is 0 Å². The lowest BCUT2D eigenvalue weighted by atomic mass is 9.82. The molecule has 0 amide bonds. The summed E-state index contributed by atoms with van der Waals surface area (Å²) in [7, 11) is -1.28. The second-order valence-corrected chi connectivity index (χ2v) is 8.58. The predicted molar refractivity (Wildman–Crippen MR) is 95.2 cm³/mol. The monoisotopic (exact) mass is 328 g/mol. The van der Waals surface area contributed by atoms with Crippen molar-refractivity contribution in [1.29, 1.82) is 0 Å². The van der Waals surface area contributed by atoms with Crippen molar-refractivity contribution < 1.29 is 9.00 Å². The van der Waals surface area contributed by atoms with Crippen LogP contribution in [-0.2, 0) is 15.6 Å². The van der Waals surface area contributed by atoms with Gasteiger partial charge in [0.05, 0.1) is 10.8 Å². The Morgan fingerprint density at radius 3 is 2.22 bits per heavy atom. The van der Waals surface area contributed by atoms with Crippen LogP contribution in [0.3, 0.4) is 0 Å². The Hall–Kier alpha value is -1.74. The van der Waals surface area contributed by atoms with Crippen molar-refractivity contribution in [2.24, 2.45) is 5.41 Å². The highest BCUT2D eigenvalue weighted by atomic mass is 32.2. The van der Waals surface area contributed by atoms with E-state index in [9.17, 15) is 9.00 Å². The largest absolute Gasteiger partial charge is 0.303 e. The normalized spacial score (nSPS) is 14.3. The first kappa shape index (κ1) is 17.6. The van der Waals surface area contributed by atoms with Gasteiger partial charge in [0.15, 0.2) is 0 Å². The lowest BCUT2D eigenvalue weighted by Crippen LogP contribution is -2.15. The Balaban J connectivity index is 2.42.